The largest absolute Gasteiger partial charge is 0.494 e. The Morgan fingerprint density at radius 2 is 1.71 bits per heavy atom. The zero-order chi connectivity index (χ0) is 20.7. The Morgan fingerprint density at radius 3 is 2.25 bits per heavy atom. The molecule has 148 valence electrons. The molecule has 1 amide bonds. The van der Waals surface area contributed by atoms with Crippen molar-refractivity contribution >= 4 is 24.2 Å². The van der Waals surface area contributed by atoms with Crippen LogP contribution in [-0.4, -0.2) is 29.2 Å². The van der Waals surface area contributed by atoms with Crippen LogP contribution < -0.4 is 10.8 Å². The third-order valence-corrected chi connectivity index (χ3v) is 4.99. The number of hydrogen-bond donors (Lipinski definition) is 1. The lowest BCUT2D eigenvalue weighted by molar-refractivity contribution is -0.141. The number of rotatable bonds is 3. The van der Waals surface area contributed by atoms with E-state index >= 15 is 0 Å². The molecule has 0 spiro atoms. The Kier molecular flexibility index (Phi) is 5.01. The molecule has 3 rings (SSSR count). The molecule has 28 heavy (non-hydrogen) atoms. The second kappa shape index (κ2) is 6.90. The van der Waals surface area contributed by atoms with Crippen LogP contribution >= 0.6 is 0 Å². The molecule has 2 heterocycles. The van der Waals surface area contributed by atoms with Gasteiger partial charge in [-0.2, -0.15) is 13.2 Å². The maximum absolute atomic E-state index is 12.6. The molecule has 0 unspecified atom stereocenters. The summed E-state index contributed by atoms with van der Waals surface area (Å²) in [5.41, 5.74) is -0.875. The molecule has 0 saturated carbocycles. The van der Waals surface area contributed by atoms with Crippen molar-refractivity contribution < 1.29 is 27.3 Å². The Labute approximate surface area is 161 Å². The quantitative estimate of drug-likeness (QED) is 0.811. The third kappa shape index (κ3) is 4.05. The molecular weight excluding hydrogens is 372 g/mol. The molecule has 2 aromatic rings. The highest BCUT2D eigenvalue weighted by Crippen LogP contribution is 2.36. The highest BCUT2D eigenvalue weighted by molar-refractivity contribution is 6.62. The molecule has 1 fully saturated rings. The predicted molar refractivity (Wildman–Crippen MR) is 99.4 cm³/mol. The van der Waals surface area contributed by atoms with Gasteiger partial charge in [-0.15, -0.1) is 0 Å². The molecule has 0 radical (unpaired) electrons. The lowest BCUT2D eigenvalue weighted by Gasteiger charge is -2.32. The van der Waals surface area contributed by atoms with Crippen LogP contribution in [0.25, 0.3) is 0 Å². The van der Waals surface area contributed by atoms with Crippen molar-refractivity contribution in [2.45, 2.75) is 45.1 Å². The first-order valence-corrected chi connectivity index (χ1v) is 8.69. The smallest absolute Gasteiger partial charge is 0.399 e. The number of amides is 1. The van der Waals surface area contributed by atoms with Crippen molar-refractivity contribution in [2.24, 2.45) is 0 Å². The van der Waals surface area contributed by atoms with Gasteiger partial charge in [0.25, 0.3) is 5.91 Å². The Balaban J connectivity index is 1.75. The van der Waals surface area contributed by atoms with E-state index < -0.39 is 36.1 Å². The zero-order valence-electron chi connectivity index (χ0n) is 15.9. The summed E-state index contributed by atoms with van der Waals surface area (Å²) in [6, 6.07) is 8.69. The van der Waals surface area contributed by atoms with Gasteiger partial charge in [-0.3, -0.25) is 4.79 Å². The van der Waals surface area contributed by atoms with Gasteiger partial charge in [0.2, 0.25) is 0 Å². The number of alkyl halides is 3. The van der Waals surface area contributed by atoms with E-state index in [0.29, 0.717) is 11.0 Å². The summed E-state index contributed by atoms with van der Waals surface area (Å²) >= 11 is 0. The van der Waals surface area contributed by atoms with Crippen LogP contribution in [0, 0.1) is 0 Å². The van der Waals surface area contributed by atoms with Gasteiger partial charge in [0, 0.05) is 5.56 Å². The molecule has 9 heteroatoms. The molecule has 5 nitrogen and oxygen atoms in total. The topological polar surface area (TPSA) is 60.5 Å². The lowest BCUT2D eigenvalue weighted by Crippen LogP contribution is -2.41. The number of pyridine rings is 1. The highest BCUT2D eigenvalue weighted by Gasteiger charge is 2.51. The van der Waals surface area contributed by atoms with Crippen LogP contribution in [0.2, 0.25) is 0 Å². The number of anilines is 1. The monoisotopic (exact) mass is 392 g/mol. The number of hydrogen-bond acceptors (Lipinski definition) is 4. The van der Waals surface area contributed by atoms with Gasteiger partial charge in [-0.1, -0.05) is 12.1 Å². The van der Waals surface area contributed by atoms with Gasteiger partial charge in [0.05, 0.1) is 23.1 Å². The second-order valence-electron chi connectivity index (χ2n) is 7.60. The van der Waals surface area contributed by atoms with Crippen LogP contribution in [0.3, 0.4) is 0 Å². The first-order chi connectivity index (χ1) is 12.9. The number of carbonyl (C=O) groups is 1. The van der Waals surface area contributed by atoms with Gasteiger partial charge in [0.15, 0.2) is 0 Å². The molecule has 0 bridgehead atoms. The van der Waals surface area contributed by atoms with E-state index in [-0.39, 0.29) is 5.69 Å². The summed E-state index contributed by atoms with van der Waals surface area (Å²) in [5, 5.41) is 2.54. The first kappa shape index (κ1) is 20.4. The molecular formula is C19H20BF3N2O3. The van der Waals surface area contributed by atoms with E-state index in [1.54, 1.807) is 24.3 Å². The van der Waals surface area contributed by atoms with E-state index in [9.17, 15) is 18.0 Å². The second-order valence-corrected chi connectivity index (χ2v) is 7.60. The van der Waals surface area contributed by atoms with E-state index in [2.05, 4.69) is 10.3 Å². The maximum atomic E-state index is 12.6. The van der Waals surface area contributed by atoms with Crippen molar-refractivity contribution in [3.8, 4) is 0 Å². The molecule has 1 aliphatic rings. The fourth-order valence-electron chi connectivity index (χ4n) is 2.64. The van der Waals surface area contributed by atoms with E-state index in [1.807, 2.05) is 27.7 Å². The average Bonchev–Trinajstić information content (AvgIpc) is 2.82. The van der Waals surface area contributed by atoms with Gasteiger partial charge in [-0.05, 0) is 57.4 Å². The highest BCUT2D eigenvalue weighted by atomic mass is 19.4. The summed E-state index contributed by atoms with van der Waals surface area (Å²) in [7, 11) is -0.620. The molecule has 0 aliphatic carbocycles. The van der Waals surface area contributed by atoms with Gasteiger partial charge in [-0.25, -0.2) is 4.98 Å². The van der Waals surface area contributed by atoms with E-state index in [1.165, 1.54) is 0 Å². The van der Waals surface area contributed by atoms with E-state index in [0.717, 1.165) is 18.3 Å². The standard InChI is InChI=1S/C19H20BF3N2O3/c1-17(2)18(3,4)28-20(27-17)13-7-5-6-12(10-13)16(26)25-14-8-9-15(24-11-14)19(21,22)23/h5-11H,1-4H3,(H,25,26). The third-order valence-electron chi connectivity index (χ3n) is 4.99. The molecule has 1 aliphatic heterocycles. The average molecular weight is 392 g/mol. The summed E-state index contributed by atoms with van der Waals surface area (Å²) in [6.45, 7) is 7.73. The predicted octanol–water partition coefficient (Wildman–Crippen LogP) is 3.65. The lowest BCUT2D eigenvalue weighted by atomic mass is 9.78. The summed E-state index contributed by atoms with van der Waals surface area (Å²) in [4.78, 5) is 15.8. The fourth-order valence-corrected chi connectivity index (χ4v) is 2.64. The van der Waals surface area contributed by atoms with Crippen molar-refractivity contribution in [1.29, 1.82) is 0 Å². The van der Waals surface area contributed by atoms with Crippen LogP contribution in [0.5, 0.6) is 0 Å². The van der Waals surface area contributed by atoms with Crippen LogP contribution in [-0.2, 0) is 15.5 Å². The summed E-state index contributed by atoms with van der Waals surface area (Å²) < 4.78 is 49.7. The maximum Gasteiger partial charge on any atom is 0.494 e. The summed E-state index contributed by atoms with van der Waals surface area (Å²) in [5.74, 6) is -0.472. The van der Waals surface area contributed by atoms with E-state index in [4.69, 9.17) is 9.31 Å². The van der Waals surface area contributed by atoms with Crippen molar-refractivity contribution in [2.75, 3.05) is 5.32 Å². The molecule has 1 aromatic heterocycles. The van der Waals surface area contributed by atoms with Gasteiger partial charge in [0.1, 0.15) is 5.69 Å². The number of nitrogens with one attached hydrogen (secondary N) is 1. The first-order valence-electron chi connectivity index (χ1n) is 8.69. The normalized spacial score (nSPS) is 18.2. The number of halogens is 3. The Hall–Kier alpha value is -2.39. The van der Waals surface area contributed by atoms with Gasteiger partial charge >= 0.3 is 13.3 Å². The van der Waals surface area contributed by atoms with Crippen molar-refractivity contribution in [1.82, 2.24) is 4.98 Å². The molecule has 1 aromatic carbocycles. The Morgan fingerprint density at radius 1 is 1.07 bits per heavy atom. The molecule has 1 saturated heterocycles. The number of nitrogens with zero attached hydrogens (tertiary/aromatic N) is 1. The Bertz CT molecular complexity index is 867. The minimum absolute atomic E-state index is 0.166. The number of aromatic nitrogens is 1. The number of carbonyl (C=O) groups excluding carboxylic acids is 1. The van der Waals surface area contributed by atoms with Crippen LogP contribution in [0.4, 0.5) is 18.9 Å². The minimum atomic E-state index is -4.53. The van der Waals surface area contributed by atoms with Crippen LogP contribution in [0.1, 0.15) is 43.7 Å². The minimum Gasteiger partial charge on any atom is -0.399 e. The fraction of sp³-hybridized carbons (Fsp3) is 0.368. The summed E-state index contributed by atoms with van der Waals surface area (Å²) in [6.07, 6.45) is -3.56. The SMILES string of the molecule is CC1(C)OB(c2cccc(C(=O)Nc3ccc(C(F)(F)F)nc3)c2)OC1(C)C. The van der Waals surface area contributed by atoms with Gasteiger partial charge < -0.3 is 14.6 Å². The number of benzene rings is 1. The van der Waals surface area contributed by atoms with Crippen LogP contribution in [0.15, 0.2) is 42.6 Å². The zero-order valence-corrected chi connectivity index (χ0v) is 15.9. The molecule has 1 N–H and O–H groups in total. The van der Waals surface area contributed by atoms with Crippen molar-refractivity contribution in [3.05, 3.63) is 53.9 Å². The van der Waals surface area contributed by atoms with Crippen molar-refractivity contribution in [3.63, 3.8) is 0 Å². The molecule has 0 atom stereocenters.